The summed E-state index contributed by atoms with van der Waals surface area (Å²) in [5, 5.41) is 9.62. The van der Waals surface area contributed by atoms with Crippen LogP contribution in [0, 0.1) is 0 Å². The third-order valence-corrected chi connectivity index (χ3v) is 3.75. The van der Waals surface area contributed by atoms with Crippen molar-refractivity contribution in [1.29, 1.82) is 0 Å². The summed E-state index contributed by atoms with van der Waals surface area (Å²) in [5.41, 5.74) is 2.50. The van der Waals surface area contributed by atoms with Gasteiger partial charge in [-0.1, -0.05) is 32.0 Å². The van der Waals surface area contributed by atoms with Crippen molar-refractivity contribution in [2.45, 2.75) is 52.6 Å². The van der Waals surface area contributed by atoms with E-state index in [-0.39, 0.29) is 0 Å². The second-order valence-electron chi connectivity index (χ2n) is 4.98. The van der Waals surface area contributed by atoms with E-state index in [2.05, 4.69) is 55.0 Å². The predicted octanol–water partition coefficient (Wildman–Crippen LogP) is 3.38. The summed E-state index contributed by atoms with van der Waals surface area (Å²) in [5.74, 6) is 0. The minimum absolute atomic E-state index is 0.607. The molecular formula is C16H25N3. The molecule has 1 heterocycles. The molecular weight excluding hydrogens is 234 g/mol. The van der Waals surface area contributed by atoms with E-state index in [4.69, 9.17) is 5.10 Å². The van der Waals surface area contributed by atoms with Crippen LogP contribution < -0.4 is 5.32 Å². The van der Waals surface area contributed by atoms with E-state index < -0.39 is 0 Å². The van der Waals surface area contributed by atoms with Crippen molar-refractivity contribution in [2.75, 3.05) is 6.54 Å². The lowest BCUT2D eigenvalue weighted by atomic mass is 10.1. The summed E-state index contributed by atoms with van der Waals surface area (Å²) >= 11 is 0. The molecule has 0 saturated heterocycles. The van der Waals surface area contributed by atoms with Crippen molar-refractivity contribution < 1.29 is 0 Å². The summed E-state index contributed by atoms with van der Waals surface area (Å²) in [6.07, 6.45) is 3.40. The molecule has 0 radical (unpaired) electrons. The molecule has 19 heavy (non-hydrogen) atoms. The van der Waals surface area contributed by atoms with Gasteiger partial charge in [-0.3, -0.25) is 4.68 Å². The highest BCUT2D eigenvalue weighted by Crippen LogP contribution is 2.20. The molecule has 2 aromatic rings. The Morgan fingerprint density at radius 2 is 2.00 bits per heavy atom. The van der Waals surface area contributed by atoms with Gasteiger partial charge >= 0.3 is 0 Å². The van der Waals surface area contributed by atoms with Crippen LogP contribution in [0.25, 0.3) is 10.9 Å². The first-order chi connectivity index (χ1) is 9.30. The number of nitrogens with one attached hydrogen (secondary N) is 1. The van der Waals surface area contributed by atoms with Gasteiger partial charge in [0.1, 0.15) is 0 Å². The maximum Gasteiger partial charge on any atom is 0.0703 e. The molecule has 0 spiro atoms. The van der Waals surface area contributed by atoms with E-state index >= 15 is 0 Å². The number of aromatic nitrogens is 2. The molecule has 1 N–H and O–H groups in total. The molecule has 0 bridgehead atoms. The fourth-order valence-corrected chi connectivity index (χ4v) is 2.67. The lowest BCUT2D eigenvalue weighted by Gasteiger charge is -2.14. The second-order valence-corrected chi connectivity index (χ2v) is 4.98. The van der Waals surface area contributed by atoms with Gasteiger partial charge < -0.3 is 5.32 Å². The molecule has 0 amide bonds. The van der Waals surface area contributed by atoms with Crippen molar-refractivity contribution in [3.8, 4) is 0 Å². The lowest BCUT2D eigenvalue weighted by Crippen LogP contribution is -2.28. The van der Waals surface area contributed by atoms with Crippen LogP contribution in [0.2, 0.25) is 0 Å². The first kappa shape index (κ1) is 14.1. The molecule has 0 saturated carbocycles. The van der Waals surface area contributed by atoms with Crippen LogP contribution in [0.5, 0.6) is 0 Å². The molecule has 2 rings (SSSR count). The Bertz CT molecular complexity index is 516. The fourth-order valence-electron chi connectivity index (χ4n) is 2.67. The summed E-state index contributed by atoms with van der Waals surface area (Å²) in [4.78, 5) is 0. The lowest BCUT2D eigenvalue weighted by molar-refractivity contribution is 0.477. The standard InChI is InChI=1S/C16H25N3/c1-4-13(17-5-2)11-12-15-14-9-7-8-10-16(14)19(6-3)18-15/h7-10,13,17H,4-6,11-12H2,1-3H3. The van der Waals surface area contributed by atoms with Gasteiger partial charge in [0.25, 0.3) is 0 Å². The smallest absolute Gasteiger partial charge is 0.0703 e. The number of para-hydroxylation sites is 1. The Hall–Kier alpha value is -1.35. The molecule has 1 aromatic heterocycles. The van der Waals surface area contributed by atoms with Gasteiger partial charge in [0.15, 0.2) is 0 Å². The monoisotopic (exact) mass is 259 g/mol. The van der Waals surface area contributed by atoms with Crippen molar-refractivity contribution >= 4 is 10.9 Å². The SMILES string of the molecule is CCNC(CC)CCc1nn(CC)c2ccccc12. The highest BCUT2D eigenvalue weighted by Gasteiger charge is 2.11. The van der Waals surface area contributed by atoms with Crippen LogP contribution >= 0.6 is 0 Å². The number of aryl methyl sites for hydroxylation is 2. The Balaban J connectivity index is 2.16. The van der Waals surface area contributed by atoms with E-state index in [0.717, 1.165) is 25.9 Å². The molecule has 0 aliphatic rings. The quantitative estimate of drug-likeness (QED) is 0.826. The topological polar surface area (TPSA) is 29.9 Å². The van der Waals surface area contributed by atoms with Crippen LogP contribution in [0.4, 0.5) is 0 Å². The number of benzene rings is 1. The van der Waals surface area contributed by atoms with Gasteiger partial charge in [-0.15, -0.1) is 0 Å². The van der Waals surface area contributed by atoms with E-state index in [1.165, 1.54) is 23.0 Å². The van der Waals surface area contributed by atoms with Gasteiger partial charge in [0.2, 0.25) is 0 Å². The normalized spacial score (nSPS) is 13.0. The molecule has 0 aliphatic carbocycles. The first-order valence-electron chi connectivity index (χ1n) is 7.47. The zero-order valence-corrected chi connectivity index (χ0v) is 12.3. The predicted molar refractivity (Wildman–Crippen MR) is 81.5 cm³/mol. The first-order valence-corrected chi connectivity index (χ1v) is 7.47. The average Bonchev–Trinajstić information content (AvgIpc) is 2.82. The number of hydrogen-bond donors (Lipinski definition) is 1. The summed E-state index contributed by atoms with van der Waals surface area (Å²) in [7, 11) is 0. The third kappa shape index (κ3) is 3.16. The fraction of sp³-hybridized carbons (Fsp3) is 0.562. The Labute approximate surface area is 116 Å². The second kappa shape index (κ2) is 6.71. The Morgan fingerprint density at radius 3 is 2.68 bits per heavy atom. The van der Waals surface area contributed by atoms with Crippen LogP contribution in [0.3, 0.4) is 0 Å². The minimum Gasteiger partial charge on any atom is -0.314 e. The van der Waals surface area contributed by atoms with Gasteiger partial charge in [-0.25, -0.2) is 0 Å². The zero-order chi connectivity index (χ0) is 13.7. The summed E-state index contributed by atoms with van der Waals surface area (Å²) in [6, 6.07) is 9.16. The highest BCUT2D eigenvalue weighted by molar-refractivity contribution is 5.81. The van der Waals surface area contributed by atoms with E-state index in [1.807, 2.05) is 0 Å². The van der Waals surface area contributed by atoms with Crippen LogP contribution in [0.1, 0.15) is 39.3 Å². The van der Waals surface area contributed by atoms with Gasteiger partial charge in [0, 0.05) is 18.0 Å². The van der Waals surface area contributed by atoms with Crippen molar-refractivity contribution in [1.82, 2.24) is 15.1 Å². The van der Waals surface area contributed by atoms with Gasteiger partial charge in [-0.2, -0.15) is 5.10 Å². The molecule has 0 aliphatic heterocycles. The van der Waals surface area contributed by atoms with E-state index in [1.54, 1.807) is 0 Å². The summed E-state index contributed by atoms with van der Waals surface area (Å²) < 4.78 is 2.11. The van der Waals surface area contributed by atoms with Crippen LogP contribution in [-0.4, -0.2) is 22.4 Å². The van der Waals surface area contributed by atoms with Crippen molar-refractivity contribution in [2.24, 2.45) is 0 Å². The number of fused-ring (bicyclic) bond motifs is 1. The molecule has 1 aromatic carbocycles. The molecule has 104 valence electrons. The number of rotatable bonds is 7. The largest absolute Gasteiger partial charge is 0.314 e. The van der Waals surface area contributed by atoms with Gasteiger partial charge in [0.05, 0.1) is 11.2 Å². The maximum absolute atomic E-state index is 4.76. The number of hydrogen-bond acceptors (Lipinski definition) is 2. The maximum atomic E-state index is 4.76. The van der Waals surface area contributed by atoms with Crippen molar-refractivity contribution in [3.05, 3.63) is 30.0 Å². The van der Waals surface area contributed by atoms with Crippen molar-refractivity contribution in [3.63, 3.8) is 0 Å². The van der Waals surface area contributed by atoms with Crippen LogP contribution in [-0.2, 0) is 13.0 Å². The summed E-state index contributed by atoms with van der Waals surface area (Å²) in [6.45, 7) is 8.55. The molecule has 1 atom stereocenters. The van der Waals surface area contributed by atoms with E-state index in [0.29, 0.717) is 6.04 Å². The molecule has 0 fully saturated rings. The molecule has 1 unspecified atom stereocenters. The average molecular weight is 259 g/mol. The van der Waals surface area contributed by atoms with Crippen LogP contribution in [0.15, 0.2) is 24.3 Å². The Morgan fingerprint density at radius 1 is 1.21 bits per heavy atom. The zero-order valence-electron chi connectivity index (χ0n) is 12.3. The molecule has 3 nitrogen and oxygen atoms in total. The Kier molecular flexibility index (Phi) is 4.97. The van der Waals surface area contributed by atoms with E-state index in [9.17, 15) is 0 Å². The highest BCUT2D eigenvalue weighted by atomic mass is 15.3. The van der Waals surface area contributed by atoms with Gasteiger partial charge in [-0.05, 0) is 38.8 Å². The molecule has 3 heteroatoms. The number of nitrogens with zero attached hydrogens (tertiary/aromatic N) is 2. The third-order valence-electron chi connectivity index (χ3n) is 3.75. The minimum atomic E-state index is 0.607.